The van der Waals surface area contributed by atoms with E-state index in [9.17, 15) is 4.79 Å². The number of aromatic nitrogens is 1. The van der Waals surface area contributed by atoms with Gasteiger partial charge in [-0.15, -0.1) is 0 Å². The SMILES string of the molecule is CN(Cc1cccnc1)C[C@H]1CCN(C(=O)c2ccc(C#N)cc2)C1. The van der Waals surface area contributed by atoms with Gasteiger partial charge in [0.1, 0.15) is 0 Å². The number of nitrogens with zero attached hydrogens (tertiary/aromatic N) is 4. The van der Waals surface area contributed by atoms with Gasteiger partial charge in [0.2, 0.25) is 0 Å². The zero-order chi connectivity index (χ0) is 17.6. The molecule has 0 saturated carbocycles. The smallest absolute Gasteiger partial charge is 0.253 e. The third-order valence-electron chi connectivity index (χ3n) is 4.58. The molecule has 128 valence electrons. The number of amides is 1. The molecule has 1 atom stereocenters. The number of hydrogen-bond acceptors (Lipinski definition) is 4. The van der Waals surface area contributed by atoms with Crippen LogP contribution in [0.3, 0.4) is 0 Å². The largest absolute Gasteiger partial charge is 0.338 e. The van der Waals surface area contributed by atoms with Gasteiger partial charge >= 0.3 is 0 Å². The van der Waals surface area contributed by atoms with Gasteiger partial charge in [0.15, 0.2) is 0 Å². The van der Waals surface area contributed by atoms with Gasteiger partial charge in [0, 0.05) is 44.1 Å². The normalized spacial score (nSPS) is 16.8. The van der Waals surface area contributed by atoms with Crippen LogP contribution in [0.4, 0.5) is 0 Å². The number of nitriles is 1. The summed E-state index contributed by atoms with van der Waals surface area (Å²) in [7, 11) is 2.11. The van der Waals surface area contributed by atoms with E-state index < -0.39 is 0 Å². The molecule has 0 bridgehead atoms. The summed E-state index contributed by atoms with van der Waals surface area (Å²) in [6.45, 7) is 3.42. The summed E-state index contributed by atoms with van der Waals surface area (Å²) in [6.07, 6.45) is 4.71. The van der Waals surface area contributed by atoms with E-state index in [0.717, 1.165) is 32.6 Å². The molecule has 1 aromatic heterocycles. The van der Waals surface area contributed by atoms with E-state index >= 15 is 0 Å². The van der Waals surface area contributed by atoms with Gasteiger partial charge in [0.05, 0.1) is 11.6 Å². The lowest BCUT2D eigenvalue weighted by Crippen LogP contribution is -2.31. The van der Waals surface area contributed by atoms with Crippen molar-refractivity contribution in [3.8, 4) is 6.07 Å². The van der Waals surface area contributed by atoms with Crippen LogP contribution in [0.1, 0.15) is 27.9 Å². The van der Waals surface area contributed by atoms with Gasteiger partial charge < -0.3 is 9.80 Å². The van der Waals surface area contributed by atoms with Gasteiger partial charge in [-0.3, -0.25) is 9.78 Å². The third kappa shape index (κ3) is 4.43. The summed E-state index contributed by atoms with van der Waals surface area (Å²) in [5, 5.41) is 8.85. The molecule has 0 aliphatic carbocycles. The van der Waals surface area contributed by atoms with Crippen molar-refractivity contribution in [3.63, 3.8) is 0 Å². The second-order valence-corrected chi connectivity index (χ2v) is 6.65. The predicted molar refractivity (Wildman–Crippen MR) is 95.7 cm³/mol. The summed E-state index contributed by atoms with van der Waals surface area (Å²) in [4.78, 5) is 21.0. The van der Waals surface area contributed by atoms with E-state index in [1.165, 1.54) is 5.56 Å². The zero-order valence-electron chi connectivity index (χ0n) is 14.4. The Balaban J connectivity index is 1.52. The average Bonchev–Trinajstić information content (AvgIpc) is 3.10. The predicted octanol–water partition coefficient (Wildman–Crippen LogP) is 2.55. The number of rotatable bonds is 5. The van der Waals surface area contributed by atoms with Crippen LogP contribution in [0.2, 0.25) is 0 Å². The molecule has 1 saturated heterocycles. The molecule has 2 aromatic rings. The van der Waals surface area contributed by atoms with E-state index in [0.29, 0.717) is 17.0 Å². The Hall–Kier alpha value is -2.71. The van der Waals surface area contributed by atoms with Crippen LogP contribution in [0, 0.1) is 17.2 Å². The number of carbonyl (C=O) groups is 1. The standard InChI is InChI=1S/C20H22N4O/c1-23(13-17-3-2-9-22-12-17)14-18-8-10-24(15-18)20(25)19-6-4-16(11-21)5-7-19/h2-7,9,12,18H,8,10,13-15H2,1H3/t18-/m1/s1. The van der Waals surface area contributed by atoms with Gasteiger partial charge in [0.25, 0.3) is 5.91 Å². The Morgan fingerprint density at radius 2 is 2.16 bits per heavy atom. The number of likely N-dealkylation sites (tertiary alicyclic amines) is 1. The maximum atomic E-state index is 12.6. The summed E-state index contributed by atoms with van der Waals surface area (Å²) >= 11 is 0. The van der Waals surface area contributed by atoms with Crippen molar-refractivity contribution in [1.29, 1.82) is 5.26 Å². The number of hydrogen-bond donors (Lipinski definition) is 0. The highest BCUT2D eigenvalue weighted by Crippen LogP contribution is 2.20. The molecule has 1 aliphatic rings. The minimum absolute atomic E-state index is 0.0573. The molecule has 1 aromatic carbocycles. The maximum Gasteiger partial charge on any atom is 0.253 e. The van der Waals surface area contributed by atoms with Gasteiger partial charge in [-0.05, 0) is 55.3 Å². The first-order valence-corrected chi connectivity index (χ1v) is 8.52. The van der Waals surface area contributed by atoms with Crippen molar-refractivity contribution < 1.29 is 4.79 Å². The van der Waals surface area contributed by atoms with Crippen LogP contribution in [-0.2, 0) is 6.54 Å². The Morgan fingerprint density at radius 1 is 1.36 bits per heavy atom. The lowest BCUT2D eigenvalue weighted by atomic mass is 10.1. The van der Waals surface area contributed by atoms with Crippen molar-refractivity contribution in [2.45, 2.75) is 13.0 Å². The quantitative estimate of drug-likeness (QED) is 0.843. The van der Waals surface area contributed by atoms with Crippen molar-refractivity contribution in [3.05, 3.63) is 65.5 Å². The molecular weight excluding hydrogens is 312 g/mol. The first-order chi connectivity index (χ1) is 12.2. The highest BCUT2D eigenvalue weighted by molar-refractivity contribution is 5.94. The topological polar surface area (TPSA) is 60.2 Å². The van der Waals surface area contributed by atoms with Crippen LogP contribution in [-0.4, -0.2) is 47.4 Å². The Labute approximate surface area is 148 Å². The summed E-state index contributed by atoms with van der Waals surface area (Å²) in [5.41, 5.74) is 2.43. The monoisotopic (exact) mass is 334 g/mol. The van der Waals surface area contributed by atoms with Crippen LogP contribution in [0.15, 0.2) is 48.8 Å². The fourth-order valence-electron chi connectivity index (χ4n) is 3.34. The molecule has 1 amide bonds. The molecule has 0 radical (unpaired) electrons. The minimum Gasteiger partial charge on any atom is -0.338 e. The first kappa shape index (κ1) is 17.1. The number of benzene rings is 1. The van der Waals surface area contributed by atoms with Gasteiger partial charge in [-0.1, -0.05) is 6.07 Å². The van der Waals surface area contributed by atoms with E-state index in [1.807, 2.05) is 17.2 Å². The Bertz CT molecular complexity index is 752. The summed E-state index contributed by atoms with van der Waals surface area (Å²) in [6, 6.07) is 13.0. The molecule has 5 nitrogen and oxygen atoms in total. The molecule has 0 N–H and O–H groups in total. The molecule has 1 aliphatic heterocycles. The van der Waals surface area contributed by atoms with Gasteiger partial charge in [-0.2, -0.15) is 5.26 Å². The Kier molecular flexibility index (Phi) is 5.42. The average molecular weight is 334 g/mol. The molecule has 1 fully saturated rings. The second-order valence-electron chi connectivity index (χ2n) is 6.65. The molecule has 2 heterocycles. The van der Waals surface area contributed by atoms with Crippen LogP contribution < -0.4 is 0 Å². The summed E-state index contributed by atoms with van der Waals surface area (Å²) < 4.78 is 0. The first-order valence-electron chi connectivity index (χ1n) is 8.52. The second kappa shape index (κ2) is 7.91. The number of carbonyl (C=O) groups excluding carboxylic acids is 1. The maximum absolute atomic E-state index is 12.6. The molecule has 0 spiro atoms. The van der Waals surface area contributed by atoms with E-state index in [1.54, 1.807) is 30.5 Å². The highest BCUT2D eigenvalue weighted by atomic mass is 16.2. The van der Waals surface area contributed by atoms with Crippen molar-refractivity contribution in [2.24, 2.45) is 5.92 Å². The van der Waals surface area contributed by atoms with E-state index in [2.05, 4.69) is 29.1 Å². The van der Waals surface area contributed by atoms with E-state index in [-0.39, 0.29) is 5.91 Å². The van der Waals surface area contributed by atoms with E-state index in [4.69, 9.17) is 5.26 Å². The zero-order valence-corrected chi connectivity index (χ0v) is 14.4. The van der Waals surface area contributed by atoms with Crippen molar-refractivity contribution in [1.82, 2.24) is 14.8 Å². The van der Waals surface area contributed by atoms with Crippen molar-refractivity contribution in [2.75, 3.05) is 26.7 Å². The molecular formula is C20H22N4O. The highest BCUT2D eigenvalue weighted by Gasteiger charge is 2.27. The fraction of sp³-hybridized carbons (Fsp3) is 0.350. The lowest BCUT2D eigenvalue weighted by molar-refractivity contribution is 0.0784. The number of pyridine rings is 1. The van der Waals surface area contributed by atoms with Crippen LogP contribution in [0.25, 0.3) is 0 Å². The lowest BCUT2D eigenvalue weighted by Gasteiger charge is -2.21. The summed E-state index contributed by atoms with van der Waals surface area (Å²) in [5.74, 6) is 0.547. The molecule has 3 rings (SSSR count). The fourth-order valence-corrected chi connectivity index (χ4v) is 3.34. The van der Waals surface area contributed by atoms with Crippen LogP contribution in [0.5, 0.6) is 0 Å². The molecule has 25 heavy (non-hydrogen) atoms. The Morgan fingerprint density at radius 3 is 2.84 bits per heavy atom. The third-order valence-corrected chi connectivity index (χ3v) is 4.58. The minimum atomic E-state index is 0.0573. The molecule has 5 heteroatoms. The van der Waals surface area contributed by atoms with Crippen LogP contribution >= 0.6 is 0 Å². The van der Waals surface area contributed by atoms with Gasteiger partial charge in [-0.25, -0.2) is 0 Å². The van der Waals surface area contributed by atoms with Crippen molar-refractivity contribution >= 4 is 5.91 Å². The molecule has 0 unspecified atom stereocenters.